The average molecular weight is 437 g/mol. The van der Waals surface area contributed by atoms with Crippen molar-refractivity contribution in [2.45, 2.75) is 7.04 Å². The summed E-state index contributed by atoms with van der Waals surface area (Å²) in [6.45, 7) is 0. The third-order valence-electron chi connectivity index (χ3n) is 1.51. The van der Waals surface area contributed by atoms with Crippen LogP contribution in [-0.2, 0) is 9.37 Å². The Morgan fingerprint density at radius 2 is 2.06 bits per heavy atom. The SMILES string of the molecule is O=C(c1cccc(SOOO)c1)C(Br)(Br)Br. The summed E-state index contributed by atoms with van der Waals surface area (Å²) in [7, 11) is 0. The summed E-state index contributed by atoms with van der Waals surface area (Å²) in [4.78, 5) is 12.4. The van der Waals surface area contributed by atoms with Gasteiger partial charge < -0.3 is 0 Å². The topological polar surface area (TPSA) is 55.8 Å². The molecule has 0 radical (unpaired) electrons. The Kier molecular flexibility index (Phi) is 5.92. The molecular formula is C8H5Br3O4S. The molecule has 88 valence electrons. The molecule has 16 heavy (non-hydrogen) atoms. The molecule has 0 atom stereocenters. The van der Waals surface area contributed by atoms with E-state index in [-0.39, 0.29) is 5.78 Å². The standard InChI is InChI=1S/C8H5Br3O4S/c9-8(10,11)7(12)5-2-1-3-6(4-5)16-15-14-13/h1-4,13H. The minimum atomic E-state index is -0.982. The van der Waals surface area contributed by atoms with Crippen LogP contribution in [0.25, 0.3) is 0 Å². The maximum Gasteiger partial charge on any atom is 0.201 e. The van der Waals surface area contributed by atoms with Crippen LogP contribution in [0.4, 0.5) is 0 Å². The van der Waals surface area contributed by atoms with E-state index in [2.05, 4.69) is 57.2 Å². The second kappa shape index (κ2) is 6.48. The van der Waals surface area contributed by atoms with Gasteiger partial charge in [-0.1, -0.05) is 65.0 Å². The van der Waals surface area contributed by atoms with Gasteiger partial charge in [-0.15, -0.1) is 4.33 Å². The van der Waals surface area contributed by atoms with Gasteiger partial charge in [0.2, 0.25) is 5.78 Å². The van der Waals surface area contributed by atoms with Gasteiger partial charge in [-0.05, 0) is 12.1 Å². The minimum Gasteiger partial charge on any atom is -0.291 e. The minimum absolute atomic E-state index is 0.195. The molecule has 0 bridgehead atoms. The van der Waals surface area contributed by atoms with Crippen molar-refractivity contribution in [3.05, 3.63) is 29.8 Å². The Labute approximate surface area is 121 Å². The molecule has 0 unspecified atom stereocenters. The Hall–Kier alpha value is 0.560. The van der Waals surface area contributed by atoms with E-state index < -0.39 is 2.14 Å². The zero-order chi connectivity index (χ0) is 12.2. The highest BCUT2D eigenvalue weighted by Gasteiger charge is 2.29. The normalized spacial score (nSPS) is 11.5. The summed E-state index contributed by atoms with van der Waals surface area (Å²) in [5.74, 6) is -0.195. The van der Waals surface area contributed by atoms with Gasteiger partial charge in [0.1, 0.15) is 0 Å². The zero-order valence-corrected chi connectivity index (χ0v) is 13.1. The summed E-state index contributed by atoms with van der Waals surface area (Å²) in [5, 5.41) is 11.5. The summed E-state index contributed by atoms with van der Waals surface area (Å²) in [6.07, 6.45) is 0. The van der Waals surface area contributed by atoms with Crippen molar-refractivity contribution < 1.29 is 19.4 Å². The number of carbonyl (C=O) groups is 1. The van der Waals surface area contributed by atoms with Crippen LogP contribution < -0.4 is 0 Å². The molecule has 0 heterocycles. The monoisotopic (exact) mass is 434 g/mol. The van der Waals surface area contributed by atoms with Crippen molar-refractivity contribution in [2.75, 3.05) is 0 Å². The van der Waals surface area contributed by atoms with Crippen molar-refractivity contribution in [3.8, 4) is 0 Å². The number of alkyl halides is 3. The fraction of sp³-hybridized carbons (Fsp3) is 0.125. The second-order valence-corrected chi connectivity index (χ2v) is 10.1. The van der Waals surface area contributed by atoms with E-state index in [0.29, 0.717) is 10.5 Å². The van der Waals surface area contributed by atoms with Crippen molar-refractivity contribution in [2.24, 2.45) is 0 Å². The summed E-state index contributed by atoms with van der Waals surface area (Å²) < 4.78 is 3.28. The van der Waals surface area contributed by atoms with Gasteiger partial charge in [-0.25, -0.2) is 5.26 Å². The number of ketones is 1. The number of Topliss-reactive ketones (excluding diaryl/α,β-unsaturated/α-hetero) is 1. The van der Waals surface area contributed by atoms with E-state index in [1.165, 1.54) is 0 Å². The molecular weight excluding hydrogens is 432 g/mol. The molecule has 0 aliphatic heterocycles. The van der Waals surface area contributed by atoms with Gasteiger partial charge in [-0.3, -0.25) is 4.79 Å². The number of carbonyl (C=O) groups excluding carboxylic acids is 1. The quantitative estimate of drug-likeness (QED) is 0.253. The number of hydrogen-bond donors (Lipinski definition) is 1. The molecule has 0 spiro atoms. The average Bonchev–Trinajstić information content (AvgIpc) is 2.24. The van der Waals surface area contributed by atoms with Crippen LogP contribution in [0.2, 0.25) is 0 Å². The number of rotatable bonds is 4. The van der Waals surface area contributed by atoms with Crippen LogP contribution in [0.1, 0.15) is 10.4 Å². The molecule has 1 aromatic rings. The molecule has 4 nitrogen and oxygen atoms in total. The Morgan fingerprint density at radius 3 is 2.62 bits per heavy atom. The highest BCUT2D eigenvalue weighted by molar-refractivity contribution is 9.40. The van der Waals surface area contributed by atoms with Gasteiger partial charge in [-0.2, -0.15) is 0 Å². The molecule has 0 saturated carbocycles. The van der Waals surface area contributed by atoms with Crippen molar-refractivity contribution in [1.29, 1.82) is 0 Å². The smallest absolute Gasteiger partial charge is 0.201 e. The fourth-order valence-electron chi connectivity index (χ4n) is 0.907. The molecule has 8 heteroatoms. The van der Waals surface area contributed by atoms with E-state index in [1.807, 2.05) is 0 Å². The van der Waals surface area contributed by atoms with Crippen LogP contribution in [0, 0.1) is 0 Å². The molecule has 1 aromatic carbocycles. The number of benzene rings is 1. The summed E-state index contributed by atoms with van der Waals surface area (Å²) >= 11 is 10.2. The molecule has 1 rings (SSSR count). The van der Waals surface area contributed by atoms with Crippen molar-refractivity contribution in [3.63, 3.8) is 0 Å². The lowest BCUT2D eigenvalue weighted by atomic mass is 10.1. The Bertz CT molecular complexity index is 380. The van der Waals surface area contributed by atoms with E-state index in [4.69, 9.17) is 5.26 Å². The highest BCUT2D eigenvalue weighted by atomic mass is 80.0. The predicted molar refractivity (Wildman–Crippen MR) is 70.9 cm³/mol. The first-order chi connectivity index (χ1) is 7.45. The van der Waals surface area contributed by atoms with E-state index in [0.717, 1.165) is 12.0 Å². The predicted octanol–water partition coefficient (Wildman–Crippen LogP) is 4.14. The number of halogens is 3. The lowest BCUT2D eigenvalue weighted by Crippen LogP contribution is -2.16. The van der Waals surface area contributed by atoms with E-state index >= 15 is 0 Å². The lowest BCUT2D eigenvalue weighted by molar-refractivity contribution is -0.432. The zero-order valence-electron chi connectivity index (χ0n) is 7.52. The van der Waals surface area contributed by atoms with E-state index in [1.54, 1.807) is 24.3 Å². The molecule has 0 aromatic heterocycles. The summed E-state index contributed by atoms with van der Waals surface area (Å²) in [6, 6.07) is 6.66. The molecule has 0 saturated heterocycles. The van der Waals surface area contributed by atoms with Crippen LogP contribution in [0.5, 0.6) is 0 Å². The van der Waals surface area contributed by atoms with Crippen LogP contribution in [-0.4, -0.2) is 13.2 Å². The largest absolute Gasteiger partial charge is 0.291 e. The van der Waals surface area contributed by atoms with Gasteiger partial charge in [0.25, 0.3) is 0 Å². The summed E-state index contributed by atoms with van der Waals surface area (Å²) in [5.41, 5.74) is 0.470. The first-order valence-electron chi connectivity index (χ1n) is 3.81. The van der Waals surface area contributed by atoms with Gasteiger partial charge in [0, 0.05) is 10.5 Å². The Balaban J connectivity index is 2.86. The maximum atomic E-state index is 11.8. The third-order valence-corrected chi connectivity index (χ3v) is 3.17. The van der Waals surface area contributed by atoms with Gasteiger partial charge in [0.05, 0.1) is 12.0 Å². The van der Waals surface area contributed by atoms with Crippen molar-refractivity contribution in [1.82, 2.24) is 0 Å². The van der Waals surface area contributed by atoms with Crippen LogP contribution in [0.3, 0.4) is 0 Å². The highest BCUT2D eigenvalue weighted by Crippen LogP contribution is 2.37. The van der Waals surface area contributed by atoms with Crippen molar-refractivity contribution >= 4 is 65.6 Å². The first-order valence-corrected chi connectivity index (χ1v) is 6.93. The van der Waals surface area contributed by atoms with Gasteiger partial charge >= 0.3 is 0 Å². The lowest BCUT2D eigenvalue weighted by Gasteiger charge is -2.10. The first kappa shape index (κ1) is 14.6. The Morgan fingerprint density at radius 1 is 1.38 bits per heavy atom. The van der Waals surface area contributed by atoms with Crippen LogP contribution >= 0.6 is 59.8 Å². The number of hydrogen-bond acceptors (Lipinski definition) is 5. The third kappa shape index (κ3) is 4.44. The fourth-order valence-corrected chi connectivity index (χ4v) is 2.01. The molecule has 1 N–H and O–H groups in total. The maximum absolute atomic E-state index is 11.8. The molecule has 0 fully saturated rings. The molecule has 0 aliphatic carbocycles. The van der Waals surface area contributed by atoms with Crippen LogP contribution in [0.15, 0.2) is 29.2 Å². The van der Waals surface area contributed by atoms with E-state index in [9.17, 15) is 4.79 Å². The second-order valence-electron chi connectivity index (χ2n) is 2.58. The van der Waals surface area contributed by atoms with Gasteiger partial charge in [0.15, 0.2) is 2.14 Å². The molecule has 0 aliphatic rings. The molecule has 0 amide bonds.